The van der Waals surface area contributed by atoms with Gasteiger partial charge < -0.3 is 11.1 Å². The van der Waals surface area contributed by atoms with E-state index < -0.39 is 0 Å². The van der Waals surface area contributed by atoms with E-state index in [0.717, 1.165) is 18.3 Å². The highest BCUT2D eigenvalue weighted by Gasteiger charge is 2.33. The highest BCUT2D eigenvalue weighted by atomic mass is 16.1. The number of rotatable bonds is 3. The van der Waals surface area contributed by atoms with Gasteiger partial charge in [0.05, 0.1) is 0 Å². The van der Waals surface area contributed by atoms with Crippen LogP contribution >= 0.6 is 0 Å². The van der Waals surface area contributed by atoms with Crippen LogP contribution in [0.4, 0.5) is 0 Å². The number of carbonyl (C=O) groups is 1. The third-order valence-electron chi connectivity index (χ3n) is 4.03. The van der Waals surface area contributed by atoms with Gasteiger partial charge in [0, 0.05) is 17.6 Å². The molecule has 1 aromatic rings. The quantitative estimate of drug-likeness (QED) is 0.803. The van der Waals surface area contributed by atoms with Crippen molar-refractivity contribution in [2.24, 2.45) is 17.6 Å². The smallest absolute Gasteiger partial charge is 0.150 e. The van der Waals surface area contributed by atoms with Gasteiger partial charge >= 0.3 is 0 Å². The number of nitrogens with two attached hydrogens (primary N) is 1. The van der Waals surface area contributed by atoms with E-state index in [1.54, 1.807) is 0 Å². The van der Waals surface area contributed by atoms with E-state index in [-0.39, 0.29) is 6.04 Å². The Morgan fingerprint density at radius 1 is 1.44 bits per heavy atom. The van der Waals surface area contributed by atoms with Crippen LogP contribution in [0.25, 0.3) is 0 Å². The average Bonchev–Trinajstić information content (AvgIpc) is 2.38. The van der Waals surface area contributed by atoms with Crippen molar-refractivity contribution in [3.05, 3.63) is 35.4 Å². The lowest BCUT2D eigenvalue weighted by molar-refractivity contribution is 0.112. The molecular formula is C15H22N2O. The van der Waals surface area contributed by atoms with Gasteiger partial charge in [-0.25, -0.2) is 0 Å². The Morgan fingerprint density at radius 3 is 2.89 bits per heavy atom. The van der Waals surface area contributed by atoms with Gasteiger partial charge in [-0.1, -0.05) is 25.1 Å². The monoisotopic (exact) mass is 246 g/mol. The zero-order valence-corrected chi connectivity index (χ0v) is 11.1. The van der Waals surface area contributed by atoms with Crippen molar-refractivity contribution in [1.29, 1.82) is 0 Å². The lowest BCUT2D eigenvalue weighted by Crippen LogP contribution is -2.46. The molecule has 18 heavy (non-hydrogen) atoms. The molecular weight excluding hydrogens is 224 g/mol. The lowest BCUT2D eigenvalue weighted by atomic mass is 9.76. The fraction of sp³-hybridized carbons (Fsp3) is 0.533. The van der Waals surface area contributed by atoms with E-state index in [1.165, 1.54) is 5.56 Å². The van der Waals surface area contributed by atoms with E-state index in [9.17, 15) is 4.79 Å². The van der Waals surface area contributed by atoms with Crippen molar-refractivity contribution in [2.45, 2.75) is 32.4 Å². The first kappa shape index (κ1) is 13.2. The first-order valence-corrected chi connectivity index (χ1v) is 6.67. The molecule has 0 aromatic heterocycles. The summed E-state index contributed by atoms with van der Waals surface area (Å²) in [6.07, 6.45) is 2.06. The fourth-order valence-corrected chi connectivity index (χ4v) is 3.10. The Bertz CT molecular complexity index is 419. The summed E-state index contributed by atoms with van der Waals surface area (Å²) in [6.45, 7) is 5.15. The van der Waals surface area contributed by atoms with Crippen molar-refractivity contribution in [3.63, 3.8) is 0 Å². The fourth-order valence-electron chi connectivity index (χ4n) is 3.10. The minimum absolute atomic E-state index is 0.258. The highest BCUT2D eigenvalue weighted by Crippen LogP contribution is 2.35. The van der Waals surface area contributed by atoms with Crippen molar-refractivity contribution in [1.82, 2.24) is 5.32 Å². The summed E-state index contributed by atoms with van der Waals surface area (Å²) < 4.78 is 0. The lowest BCUT2D eigenvalue weighted by Gasteiger charge is -2.40. The van der Waals surface area contributed by atoms with Crippen molar-refractivity contribution < 1.29 is 4.79 Å². The Labute approximate surface area is 109 Å². The molecule has 0 saturated carbocycles. The van der Waals surface area contributed by atoms with E-state index in [4.69, 9.17) is 5.73 Å². The summed E-state index contributed by atoms with van der Waals surface area (Å²) in [4.78, 5) is 10.9. The van der Waals surface area contributed by atoms with E-state index >= 15 is 0 Å². The molecule has 2 rings (SSSR count). The molecule has 1 heterocycles. The maximum Gasteiger partial charge on any atom is 0.150 e. The molecule has 1 aliphatic heterocycles. The molecule has 3 nitrogen and oxygen atoms in total. The molecule has 1 aliphatic rings. The molecule has 0 amide bonds. The van der Waals surface area contributed by atoms with Gasteiger partial charge in [-0.2, -0.15) is 0 Å². The topological polar surface area (TPSA) is 55.1 Å². The highest BCUT2D eigenvalue weighted by molar-refractivity contribution is 5.75. The predicted octanol–water partition coefficient (Wildman–Crippen LogP) is 2.13. The number of carbonyl (C=O) groups excluding carboxylic acids is 1. The molecule has 0 spiro atoms. The van der Waals surface area contributed by atoms with Crippen molar-refractivity contribution in [2.75, 3.05) is 6.54 Å². The van der Waals surface area contributed by atoms with Crippen LogP contribution in [0.3, 0.4) is 0 Å². The zero-order chi connectivity index (χ0) is 13.1. The van der Waals surface area contributed by atoms with Gasteiger partial charge in [0.25, 0.3) is 0 Å². The molecule has 0 aliphatic carbocycles. The third-order valence-corrected chi connectivity index (χ3v) is 4.03. The number of nitrogens with one attached hydrogen (secondary N) is 1. The third kappa shape index (κ3) is 2.62. The second kappa shape index (κ2) is 5.63. The Morgan fingerprint density at radius 2 is 2.22 bits per heavy atom. The maximum absolute atomic E-state index is 10.9. The van der Waals surface area contributed by atoms with Gasteiger partial charge in [0.1, 0.15) is 6.29 Å². The number of piperidine rings is 1. The second-order valence-corrected chi connectivity index (χ2v) is 5.45. The maximum atomic E-state index is 10.9. The van der Waals surface area contributed by atoms with Gasteiger partial charge in [0.2, 0.25) is 0 Å². The van der Waals surface area contributed by atoms with Crippen LogP contribution in [0.1, 0.15) is 42.2 Å². The summed E-state index contributed by atoms with van der Waals surface area (Å²) in [7, 11) is 0. The van der Waals surface area contributed by atoms with Crippen molar-refractivity contribution in [3.8, 4) is 0 Å². The largest absolute Gasteiger partial charge is 0.330 e. The van der Waals surface area contributed by atoms with Crippen LogP contribution in [-0.4, -0.2) is 18.9 Å². The van der Waals surface area contributed by atoms with Gasteiger partial charge in [-0.3, -0.25) is 4.79 Å². The summed E-state index contributed by atoms with van der Waals surface area (Å²) in [5, 5.41) is 3.62. The second-order valence-electron chi connectivity index (χ2n) is 5.45. The molecule has 4 atom stereocenters. The summed E-state index contributed by atoms with van der Waals surface area (Å²) >= 11 is 0. The van der Waals surface area contributed by atoms with Gasteiger partial charge in [-0.15, -0.1) is 0 Å². The van der Waals surface area contributed by atoms with E-state index in [1.807, 2.05) is 18.2 Å². The first-order valence-electron chi connectivity index (χ1n) is 6.67. The number of aldehydes is 1. The summed E-state index contributed by atoms with van der Waals surface area (Å²) in [5.41, 5.74) is 7.83. The van der Waals surface area contributed by atoms with Crippen LogP contribution in [-0.2, 0) is 0 Å². The Kier molecular flexibility index (Phi) is 4.15. The summed E-state index contributed by atoms with van der Waals surface area (Å²) in [6, 6.07) is 8.58. The van der Waals surface area contributed by atoms with Crippen LogP contribution in [0.15, 0.2) is 24.3 Å². The molecule has 1 fully saturated rings. The number of benzene rings is 1. The van der Waals surface area contributed by atoms with Gasteiger partial charge in [-0.05, 0) is 43.4 Å². The number of hydrogen-bond donors (Lipinski definition) is 2. The number of hydrogen-bond acceptors (Lipinski definition) is 3. The van der Waals surface area contributed by atoms with E-state index in [0.29, 0.717) is 24.4 Å². The zero-order valence-electron chi connectivity index (χ0n) is 11.1. The molecule has 3 heteroatoms. The standard InChI is InChI=1S/C15H22N2O/c1-10-6-11(2)17-15(14(10)8-16)13-5-3-4-12(7-13)9-18/h3-5,7,9-11,14-15,17H,6,8,16H2,1-2H3. The minimum atomic E-state index is 0.258. The molecule has 0 radical (unpaired) electrons. The molecule has 0 bridgehead atoms. The summed E-state index contributed by atoms with van der Waals surface area (Å²) in [5.74, 6) is 1.04. The Hall–Kier alpha value is -1.19. The SMILES string of the molecule is CC1CC(C)C(CN)C(c2cccc(C=O)c2)N1. The minimum Gasteiger partial charge on any atom is -0.330 e. The van der Waals surface area contributed by atoms with Gasteiger partial charge in [0.15, 0.2) is 0 Å². The van der Waals surface area contributed by atoms with Crippen LogP contribution in [0.2, 0.25) is 0 Å². The van der Waals surface area contributed by atoms with Crippen LogP contribution in [0.5, 0.6) is 0 Å². The molecule has 98 valence electrons. The van der Waals surface area contributed by atoms with Crippen LogP contribution < -0.4 is 11.1 Å². The predicted molar refractivity (Wildman–Crippen MR) is 73.5 cm³/mol. The molecule has 3 N–H and O–H groups in total. The average molecular weight is 246 g/mol. The van der Waals surface area contributed by atoms with E-state index in [2.05, 4.69) is 25.2 Å². The molecule has 1 saturated heterocycles. The molecule has 4 unspecified atom stereocenters. The molecule has 1 aromatic carbocycles. The first-order chi connectivity index (χ1) is 8.65. The van der Waals surface area contributed by atoms with Crippen molar-refractivity contribution >= 4 is 6.29 Å². The Balaban J connectivity index is 2.30. The van der Waals surface area contributed by atoms with Crippen LogP contribution in [0, 0.1) is 11.8 Å². The normalized spacial score (nSPS) is 32.2.